The van der Waals surface area contributed by atoms with Gasteiger partial charge in [0, 0.05) is 6.04 Å². The van der Waals surface area contributed by atoms with Crippen molar-refractivity contribution < 1.29 is 17.6 Å². The molecule has 1 fully saturated rings. The summed E-state index contributed by atoms with van der Waals surface area (Å²) in [5.41, 5.74) is -0.521. The second-order valence-corrected chi connectivity index (χ2v) is 4.66. The maximum Gasteiger partial charge on any atom is 0.416 e. The molecule has 1 saturated heterocycles. The summed E-state index contributed by atoms with van der Waals surface area (Å²) in [6, 6.07) is 2.61. The highest BCUT2D eigenvalue weighted by molar-refractivity contribution is 5.30. The van der Waals surface area contributed by atoms with Crippen LogP contribution in [0, 0.1) is 11.7 Å². The van der Waals surface area contributed by atoms with E-state index in [1.165, 1.54) is 6.07 Å². The summed E-state index contributed by atoms with van der Waals surface area (Å²) in [5.74, 6) is -0.559. The Morgan fingerprint density at radius 3 is 2.61 bits per heavy atom. The molecule has 1 aromatic rings. The number of hydrogen-bond donors (Lipinski definition) is 1. The quantitative estimate of drug-likeness (QED) is 0.796. The Morgan fingerprint density at radius 2 is 2.00 bits per heavy atom. The predicted octanol–water partition coefficient (Wildman–Crippen LogP) is 3.91. The molecular weight excluding hydrogens is 246 g/mol. The van der Waals surface area contributed by atoms with Gasteiger partial charge in [-0.15, -0.1) is 0 Å². The van der Waals surface area contributed by atoms with E-state index in [2.05, 4.69) is 5.32 Å². The summed E-state index contributed by atoms with van der Waals surface area (Å²) < 4.78 is 51.2. The zero-order valence-corrected chi connectivity index (χ0v) is 10.0. The lowest BCUT2D eigenvalue weighted by atomic mass is 9.91. The van der Waals surface area contributed by atoms with Crippen LogP contribution >= 0.6 is 0 Å². The fourth-order valence-corrected chi connectivity index (χ4v) is 2.54. The Hall–Kier alpha value is -1.10. The molecule has 0 aromatic heterocycles. The Bertz CT molecular complexity index is 427. The van der Waals surface area contributed by atoms with E-state index in [9.17, 15) is 17.6 Å². The molecule has 2 unspecified atom stereocenters. The Kier molecular flexibility index (Phi) is 3.61. The minimum atomic E-state index is -4.50. The molecule has 0 amide bonds. The van der Waals surface area contributed by atoms with Crippen LogP contribution in [0.2, 0.25) is 0 Å². The van der Waals surface area contributed by atoms with Crippen molar-refractivity contribution in [1.82, 2.24) is 5.32 Å². The van der Waals surface area contributed by atoms with Crippen molar-refractivity contribution in [2.45, 2.75) is 32.0 Å². The average molecular weight is 261 g/mol. The van der Waals surface area contributed by atoms with E-state index in [1.807, 2.05) is 6.92 Å². The Balaban J connectivity index is 2.36. The van der Waals surface area contributed by atoms with E-state index < -0.39 is 17.6 Å². The lowest BCUT2D eigenvalue weighted by Crippen LogP contribution is -2.19. The average Bonchev–Trinajstić information content (AvgIpc) is 2.74. The largest absolute Gasteiger partial charge is 0.416 e. The first kappa shape index (κ1) is 13.3. The van der Waals surface area contributed by atoms with Crippen molar-refractivity contribution >= 4 is 0 Å². The molecule has 1 aliphatic rings. The smallest absolute Gasteiger partial charge is 0.310 e. The van der Waals surface area contributed by atoms with Crippen molar-refractivity contribution in [1.29, 1.82) is 0 Å². The lowest BCUT2D eigenvalue weighted by molar-refractivity contribution is -0.137. The topological polar surface area (TPSA) is 12.0 Å². The molecule has 2 rings (SSSR count). The first-order chi connectivity index (χ1) is 8.41. The number of halogens is 4. The number of hydrogen-bond acceptors (Lipinski definition) is 1. The second kappa shape index (κ2) is 4.88. The van der Waals surface area contributed by atoms with E-state index in [4.69, 9.17) is 0 Å². The van der Waals surface area contributed by atoms with Gasteiger partial charge in [0.05, 0.1) is 5.56 Å². The maximum absolute atomic E-state index is 13.3. The molecule has 0 saturated carbocycles. The van der Waals surface area contributed by atoms with Crippen molar-refractivity contribution in [2.24, 2.45) is 5.92 Å². The van der Waals surface area contributed by atoms with E-state index in [0.717, 1.165) is 25.5 Å². The van der Waals surface area contributed by atoms with Crippen LogP contribution in [0.15, 0.2) is 18.2 Å². The molecule has 100 valence electrons. The van der Waals surface area contributed by atoms with E-state index >= 15 is 0 Å². The van der Waals surface area contributed by atoms with Crippen LogP contribution in [0.25, 0.3) is 0 Å². The summed E-state index contributed by atoms with van der Waals surface area (Å²) in [7, 11) is 0. The molecule has 2 atom stereocenters. The van der Waals surface area contributed by atoms with Gasteiger partial charge in [0.15, 0.2) is 0 Å². The summed E-state index contributed by atoms with van der Waals surface area (Å²) in [6.45, 7) is 2.76. The van der Waals surface area contributed by atoms with E-state index in [1.54, 1.807) is 0 Å². The Morgan fingerprint density at radius 1 is 1.28 bits per heavy atom. The number of nitrogens with one attached hydrogen (secondary N) is 1. The zero-order valence-electron chi connectivity index (χ0n) is 10.0. The molecule has 1 heterocycles. The second-order valence-electron chi connectivity index (χ2n) is 4.66. The minimum Gasteiger partial charge on any atom is -0.310 e. The van der Waals surface area contributed by atoms with Gasteiger partial charge >= 0.3 is 6.18 Å². The number of alkyl halides is 3. The molecule has 1 N–H and O–H groups in total. The maximum atomic E-state index is 13.3. The molecule has 0 radical (unpaired) electrons. The normalized spacial score (nSPS) is 24.5. The molecule has 5 heteroatoms. The molecule has 1 aromatic carbocycles. The highest BCUT2D eigenvalue weighted by atomic mass is 19.4. The van der Waals surface area contributed by atoms with Crippen LogP contribution in [0.1, 0.15) is 36.9 Å². The van der Waals surface area contributed by atoms with Gasteiger partial charge in [0.25, 0.3) is 0 Å². The molecule has 0 aliphatic carbocycles. The van der Waals surface area contributed by atoms with Gasteiger partial charge in [-0.05, 0) is 42.6 Å². The standard InChI is InChI=1S/C13H15F4N/c1-2-8-3-4-18-12(8)9-5-10(13(15,16)17)7-11(14)6-9/h5-8,12,18H,2-4H2,1H3. The van der Waals surface area contributed by atoms with Crippen LogP contribution < -0.4 is 5.32 Å². The van der Waals surface area contributed by atoms with E-state index in [-0.39, 0.29) is 12.0 Å². The van der Waals surface area contributed by atoms with Crippen LogP contribution in [0.5, 0.6) is 0 Å². The Labute approximate surface area is 103 Å². The third-order valence-electron chi connectivity index (χ3n) is 3.48. The summed E-state index contributed by atoms with van der Waals surface area (Å²) >= 11 is 0. The van der Waals surface area contributed by atoms with Gasteiger partial charge in [0.1, 0.15) is 5.82 Å². The van der Waals surface area contributed by atoms with Gasteiger partial charge in [-0.1, -0.05) is 13.3 Å². The third-order valence-corrected chi connectivity index (χ3v) is 3.48. The molecule has 1 aliphatic heterocycles. The van der Waals surface area contributed by atoms with Crippen molar-refractivity contribution in [3.63, 3.8) is 0 Å². The van der Waals surface area contributed by atoms with Crippen LogP contribution in [0.4, 0.5) is 17.6 Å². The minimum absolute atomic E-state index is 0.174. The first-order valence-electron chi connectivity index (χ1n) is 6.03. The van der Waals surface area contributed by atoms with Gasteiger partial charge in [-0.2, -0.15) is 13.2 Å². The molecule has 0 bridgehead atoms. The summed E-state index contributed by atoms with van der Waals surface area (Å²) in [5, 5.41) is 3.15. The number of benzene rings is 1. The molecular formula is C13H15F4N. The predicted molar refractivity (Wildman–Crippen MR) is 60.5 cm³/mol. The highest BCUT2D eigenvalue weighted by Gasteiger charge is 2.33. The SMILES string of the molecule is CCC1CCNC1c1cc(F)cc(C(F)(F)F)c1. The van der Waals surface area contributed by atoms with Gasteiger partial charge < -0.3 is 5.32 Å². The molecule has 1 nitrogen and oxygen atoms in total. The van der Waals surface area contributed by atoms with Crippen molar-refractivity contribution in [3.8, 4) is 0 Å². The monoisotopic (exact) mass is 261 g/mol. The van der Waals surface area contributed by atoms with Crippen molar-refractivity contribution in [3.05, 3.63) is 35.1 Å². The van der Waals surface area contributed by atoms with Crippen LogP contribution in [-0.4, -0.2) is 6.54 Å². The van der Waals surface area contributed by atoms with Crippen LogP contribution in [-0.2, 0) is 6.18 Å². The fraction of sp³-hybridized carbons (Fsp3) is 0.538. The summed E-state index contributed by atoms with van der Waals surface area (Å²) in [6.07, 6.45) is -2.72. The van der Waals surface area contributed by atoms with E-state index in [0.29, 0.717) is 11.6 Å². The lowest BCUT2D eigenvalue weighted by Gasteiger charge is -2.20. The highest BCUT2D eigenvalue weighted by Crippen LogP contribution is 2.36. The summed E-state index contributed by atoms with van der Waals surface area (Å²) in [4.78, 5) is 0. The van der Waals surface area contributed by atoms with Gasteiger partial charge in [-0.3, -0.25) is 0 Å². The third kappa shape index (κ3) is 2.66. The van der Waals surface area contributed by atoms with Crippen LogP contribution in [0.3, 0.4) is 0 Å². The van der Waals surface area contributed by atoms with Gasteiger partial charge in [0.2, 0.25) is 0 Å². The van der Waals surface area contributed by atoms with Crippen molar-refractivity contribution in [2.75, 3.05) is 6.54 Å². The fourth-order valence-electron chi connectivity index (χ4n) is 2.54. The first-order valence-corrected chi connectivity index (χ1v) is 6.03. The molecule has 0 spiro atoms. The molecule has 18 heavy (non-hydrogen) atoms. The number of rotatable bonds is 2. The zero-order chi connectivity index (χ0) is 13.3. The van der Waals surface area contributed by atoms with Gasteiger partial charge in [-0.25, -0.2) is 4.39 Å².